The molecular formula is C8H8N4O2. The van der Waals surface area contributed by atoms with Gasteiger partial charge < -0.3 is 9.67 Å². The fourth-order valence-electron chi connectivity index (χ4n) is 1.11. The van der Waals surface area contributed by atoms with E-state index in [1.54, 1.807) is 17.1 Å². The largest absolute Gasteiger partial charge is 0.477 e. The summed E-state index contributed by atoms with van der Waals surface area (Å²) in [6.07, 6.45) is 3.40. The monoisotopic (exact) mass is 192 g/mol. The molecule has 0 amide bonds. The molecule has 6 heteroatoms. The van der Waals surface area contributed by atoms with Crippen molar-refractivity contribution in [1.29, 1.82) is 0 Å². The van der Waals surface area contributed by atoms with Crippen molar-refractivity contribution in [1.82, 2.24) is 19.7 Å². The Labute approximate surface area is 79.2 Å². The van der Waals surface area contributed by atoms with E-state index in [-0.39, 0.29) is 5.69 Å². The molecule has 0 fully saturated rings. The Morgan fingerprint density at radius 2 is 2.36 bits per heavy atom. The van der Waals surface area contributed by atoms with E-state index in [4.69, 9.17) is 5.11 Å². The minimum absolute atomic E-state index is 0.0608. The van der Waals surface area contributed by atoms with Crippen LogP contribution in [0.4, 0.5) is 0 Å². The second kappa shape index (κ2) is 2.99. The standard InChI is InChI=1S/C8H8N4O2/c1-12-3-7(9-4-12)5-2-6(8(13)14)11-10-5/h2-4H,1H3,(H,10,11)(H,13,14). The molecule has 2 aromatic rings. The van der Waals surface area contributed by atoms with Crippen molar-refractivity contribution in [3.63, 3.8) is 0 Å². The highest BCUT2D eigenvalue weighted by atomic mass is 16.4. The van der Waals surface area contributed by atoms with Crippen LogP contribution in [0.5, 0.6) is 0 Å². The molecule has 6 nitrogen and oxygen atoms in total. The number of hydrogen-bond donors (Lipinski definition) is 2. The zero-order chi connectivity index (χ0) is 10.1. The number of H-pyrrole nitrogens is 1. The van der Waals surface area contributed by atoms with Crippen LogP contribution in [-0.2, 0) is 7.05 Å². The number of aryl methyl sites for hydroxylation is 1. The van der Waals surface area contributed by atoms with E-state index in [1.165, 1.54) is 6.07 Å². The van der Waals surface area contributed by atoms with Crippen molar-refractivity contribution in [2.45, 2.75) is 0 Å². The summed E-state index contributed by atoms with van der Waals surface area (Å²) in [5.74, 6) is -1.03. The van der Waals surface area contributed by atoms with Crippen LogP contribution in [-0.4, -0.2) is 30.8 Å². The molecule has 2 rings (SSSR count). The summed E-state index contributed by atoms with van der Waals surface area (Å²) in [6, 6.07) is 1.45. The summed E-state index contributed by atoms with van der Waals surface area (Å²) >= 11 is 0. The van der Waals surface area contributed by atoms with E-state index in [1.807, 2.05) is 7.05 Å². The third-order valence-electron chi connectivity index (χ3n) is 1.78. The minimum atomic E-state index is -1.03. The molecule has 0 spiro atoms. The first-order chi connectivity index (χ1) is 6.66. The Morgan fingerprint density at radius 1 is 1.57 bits per heavy atom. The van der Waals surface area contributed by atoms with Crippen molar-refractivity contribution in [2.75, 3.05) is 0 Å². The Kier molecular flexibility index (Phi) is 1.81. The molecule has 0 aliphatic rings. The van der Waals surface area contributed by atoms with Crippen molar-refractivity contribution >= 4 is 5.97 Å². The molecule has 0 bridgehead atoms. The summed E-state index contributed by atoms with van der Waals surface area (Å²) < 4.78 is 1.77. The number of hydrogen-bond acceptors (Lipinski definition) is 3. The van der Waals surface area contributed by atoms with Crippen LogP contribution in [0.3, 0.4) is 0 Å². The second-order valence-electron chi connectivity index (χ2n) is 2.90. The third-order valence-corrected chi connectivity index (χ3v) is 1.78. The fraction of sp³-hybridized carbons (Fsp3) is 0.125. The summed E-state index contributed by atoms with van der Waals surface area (Å²) in [7, 11) is 1.83. The van der Waals surface area contributed by atoms with Crippen molar-refractivity contribution in [3.05, 3.63) is 24.3 Å². The van der Waals surface area contributed by atoms with E-state index in [0.29, 0.717) is 11.4 Å². The lowest BCUT2D eigenvalue weighted by Gasteiger charge is -1.84. The van der Waals surface area contributed by atoms with Gasteiger partial charge in [0.2, 0.25) is 0 Å². The maximum Gasteiger partial charge on any atom is 0.353 e. The highest BCUT2D eigenvalue weighted by Gasteiger charge is 2.10. The lowest BCUT2D eigenvalue weighted by atomic mass is 10.3. The predicted octanol–water partition coefficient (Wildman–Crippen LogP) is 0.508. The van der Waals surface area contributed by atoms with Crippen LogP contribution in [0.1, 0.15) is 10.5 Å². The van der Waals surface area contributed by atoms with Gasteiger partial charge in [0.1, 0.15) is 17.1 Å². The minimum Gasteiger partial charge on any atom is -0.477 e. The van der Waals surface area contributed by atoms with E-state index in [2.05, 4.69) is 15.2 Å². The fourth-order valence-corrected chi connectivity index (χ4v) is 1.11. The first-order valence-corrected chi connectivity index (χ1v) is 3.94. The Balaban J connectivity index is 2.38. The van der Waals surface area contributed by atoms with Crippen molar-refractivity contribution in [3.8, 4) is 11.4 Å². The van der Waals surface area contributed by atoms with Gasteiger partial charge in [-0.25, -0.2) is 9.78 Å². The number of carbonyl (C=O) groups is 1. The molecule has 0 aliphatic carbocycles. The summed E-state index contributed by atoms with van der Waals surface area (Å²) in [5.41, 5.74) is 1.24. The van der Waals surface area contributed by atoms with E-state index in [0.717, 1.165) is 0 Å². The van der Waals surface area contributed by atoms with Gasteiger partial charge in [0, 0.05) is 19.3 Å². The number of rotatable bonds is 2. The van der Waals surface area contributed by atoms with Gasteiger partial charge >= 0.3 is 5.97 Å². The van der Waals surface area contributed by atoms with E-state index < -0.39 is 5.97 Å². The van der Waals surface area contributed by atoms with Gasteiger partial charge in [-0.1, -0.05) is 0 Å². The smallest absolute Gasteiger partial charge is 0.353 e. The first-order valence-electron chi connectivity index (χ1n) is 3.94. The topological polar surface area (TPSA) is 83.8 Å². The van der Waals surface area contributed by atoms with Gasteiger partial charge in [0.15, 0.2) is 0 Å². The zero-order valence-electron chi connectivity index (χ0n) is 7.43. The van der Waals surface area contributed by atoms with Gasteiger partial charge in [-0.15, -0.1) is 0 Å². The Bertz CT molecular complexity index is 471. The summed E-state index contributed by atoms with van der Waals surface area (Å²) in [4.78, 5) is 14.6. The quantitative estimate of drug-likeness (QED) is 0.726. The van der Waals surface area contributed by atoms with Crippen LogP contribution in [0.25, 0.3) is 11.4 Å². The molecule has 0 aliphatic heterocycles. The van der Waals surface area contributed by atoms with Crippen LogP contribution in [0.2, 0.25) is 0 Å². The normalized spacial score (nSPS) is 10.4. The number of aromatic carboxylic acids is 1. The SMILES string of the molecule is Cn1cnc(-c2cc(C(=O)O)[nH]n2)c1. The second-order valence-corrected chi connectivity index (χ2v) is 2.90. The number of imidazole rings is 1. The molecule has 2 N–H and O–H groups in total. The lowest BCUT2D eigenvalue weighted by Crippen LogP contribution is -1.95. The number of nitrogens with zero attached hydrogens (tertiary/aromatic N) is 3. The highest BCUT2D eigenvalue weighted by molar-refractivity contribution is 5.86. The van der Waals surface area contributed by atoms with E-state index >= 15 is 0 Å². The molecule has 2 heterocycles. The maximum absolute atomic E-state index is 10.6. The average molecular weight is 192 g/mol. The predicted molar refractivity (Wildman–Crippen MR) is 47.7 cm³/mol. The number of carboxylic acids is 1. The highest BCUT2D eigenvalue weighted by Crippen LogP contribution is 2.14. The van der Waals surface area contributed by atoms with Gasteiger partial charge in [0.05, 0.1) is 6.33 Å². The average Bonchev–Trinajstić information content (AvgIpc) is 2.70. The van der Waals surface area contributed by atoms with Gasteiger partial charge in [0.25, 0.3) is 0 Å². The number of nitrogens with one attached hydrogen (secondary N) is 1. The maximum atomic E-state index is 10.6. The number of aromatic amines is 1. The molecule has 0 radical (unpaired) electrons. The molecule has 14 heavy (non-hydrogen) atoms. The molecule has 72 valence electrons. The van der Waals surface area contributed by atoms with Crippen LogP contribution in [0.15, 0.2) is 18.6 Å². The Morgan fingerprint density at radius 3 is 2.86 bits per heavy atom. The third kappa shape index (κ3) is 1.37. The van der Waals surface area contributed by atoms with Gasteiger partial charge in [-0.2, -0.15) is 5.10 Å². The van der Waals surface area contributed by atoms with Crippen LogP contribution in [0, 0.1) is 0 Å². The zero-order valence-corrected chi connectivity index (χ0v) is 7.43. The van der Waals surface area contributed by atoms with Crippen LogP contribution >= 0.6 is 0 Å². The van der Waals surface area contributed by atoms with Crippen LogP contribution < -0.4 is 0 Å². The Hall–Kier alpha value is -2.11. The molecule has 0 saturated carbocycles. The number of carboxylic acid groups (broad SMARTS) is 1. The van der Waals surface area contributed by atoms with Crippen molar-refractivity contribution in [2.24, 2.45) is 7.05 Å². The van der Waals surface area contributed by atoms with Crippen molar-refractivity contribution < 1.29 is 9.90 Å². The van der Waals surface area contributed by atoms with Gasteiger partial charge in [-0.05, 0) is 0 Å². The van der Waals surface area contributed by atoms with E-state index in [9.17, 15) is 4.79 Å². The molecular weight excluding hydrogens is 184 g/mol. The molecule has 0 aromatic carbocycles. The molecule has 0 saturated heterocycles. The first kappa shape index (κ1) is 8.49. The number of aromatic nitrogens is 4. The molecule has 2 aromatic heterocycles. The van der Waals surface area contributed by atoms with Gasteiger partial charge in [-0.3, -0.25) is 5.10 Å². The molecule has 0 unspecified atom stereocenters. The lowest BCUT2D eigenvalue weighted by molar-refractivity contribution is 0.0690. The summed E-state index contributed by atoms with van der Waals surface area (Å²) in [5, 5.41) is 14.9. The summed E-state index contributed by atoms with van der Waals surface area (Å²) in [6.45, 7) is 0. The molecule has 0 atom stereocenters.